The van der Waals surface area contributed by atoms with Crippen molar-refractivity contribution in [3.8, 4) is 6.07 Å². The van der Waals surface area contributed by atoms with Gasteiger partial charge in [-0.3, -0.25) is 14.7 Å². The fourth-order valence-corrected chi connectivity index (χ4v) is 4.83. The number of likely N-dealkylation sites (N-methyl/N-ethyl adjacent to an activating group) is 1. The molecule has 36 heavy (non-hydrogen) atoms. The van der Waals surface area contributed by atoms with E-state index < -0.39 is 15.9 Å². The Morgan fingerprint density at radius 2 is 1.94 bits per heavy atom. The molecule has 2 aromatic carbocycles. The van der Waals surface area contributed by atoms with E-state index >= 15 is 0 Å². The van der Waals surface area contributed by atoms with E-state index in [2.05, 4.69) is 10.3 Å². The number of hydrogen-bond acceptors (Lipinski definition) is 8. The Labute approximate surface area is 209 Å². The molecule has 0 atom stereocenters. The number of nitriles is 1. The highest BCUT2D eigenvalue weighted by atomic mass is 32.2. The SMILES string of the molecule is CN(Cc1ccc(C2=NCCN2C(=O)O)cc1)C(=O)COCCNCS(=O)(=O)c1ccccc1C#N. The molecule has 0 aliphatic carbocycles. The number of aliphatic imine (C=N–C) groups is 1. The average Bonchev–Trinajstić information content (AvgIpc) is 3.37. The van der Waals surface area contributed by atoms with E-state index in [1.54, 1.807) is 31.3 Å². The molecule has 0 bridgehead atoms. The molecule has 2 amide bonds. The molecule has 0 saturated carbocycles. The third-order valence-electron chi connectivity index (χ3n) is 5.41. The van der Waals surface area contributed by atoms with E-state index in [-0.39, 0.29) is 42.0 Å². The number of carbonyl (C=O) groups is 2. The van der Waals surface area contributed by atoms with Gasteiger partial charge >= 0.3 is 6.09 Å². The van der Waals surface area contributed by atoms with Gasteiger partial charge in [0.1, 0.15) is 24.4 Å². The largest absolute Gasteiger partial charge is 0.465 e. The van der Waals surface area contributed by atoms with Crippen molar-refractivity contribution in [2.75, 3.05) is 45.8 Å². The Balaban J connectivity index is 1.39. The summed E-state index contributed by atoms with van der Waals surface area (Å²) in [6.45, 7) is 1.29. The predicted octanol–water partition coefficient (Wildman–Crippen LogP) is 1.29. The number of nitrogens with zero attached hydrogens (tertiary/aromatic N) is 4. The van der Waals surface area contributed by atoms with Crippen molar-refractivity contribution in [2.24, 2.45) is 4.99 Å². The molecule has 0 radical (unpaired) electrons. The highest BCUT2D eigenvalue weighted by Gasteiger charge is 2.24. The third-order valence-corrected chi connectivity index (χ3v) is 7.02. The standard InChI is InChI=1S/C24H27N5O6S/c1-28(15-18-6-8-19(9-7-18)23-27-10-12-29(23)24(31)32)22(30)16-35-13-11-26-17-36(33,34)21-5-3-2-4-20(21)14-25/h2-9,26H,10-13,15-17H2,1H3,(H,31,32). The fourth-order valence-electron chi connectivity index (χ4n) is 3.53. The van der Waals surface area contributed by atoms with Gasteiger partial charge in [-0.25, -0.2) is 13.2 Å². The van der Waals surface area contributed by atoms with Gasteiger partial charge in [-0.15, -0.1) is 0 Å². The number of carboxylic acid groups (broad SMARTS) is 1. The van der Waals surface area contributed by atoms with Gasteiger partial charge in [-0.2, -0.15) is 5.26 Å². The van der Waals surface area contributed by atoms with Crippen molar-refractivity contribution in [2.45, 2.75) is 11.4 Å². The first kappa shape index (κ1) is 26.8. The molecular formula is C24H27N5O6S. The third kappa shape index (κ3) is 6.88. The van der Waals surface area contributed by atoms with Crippen LogP contribution in [0.3, 0.4) is 0 Å². The van der Waals surface area contributed by atoms with Gasteiger partial charge in [0.2, 0.25) is 5.91 Å². The lowest BCUT2D eigenvalue weighted by molar-refractivity contribution is -0.135. The maximum atomic E-state index is 12.4. The molecule has 0 aromatic heterocycles. The molecule has 2 aromatic rings. The van der Waals surface area contributed by atoms with Crippen LogP contribution < -0.4 is 5.32 Å². The van der Waals surface area contributed by atoms with E-state index in [4.69, 9.17) is 10.00 Å². The van der Waals surface area contributed by atoms with Crippen molar-refractivity contribution in [1.82, 2.24) is 15.1 Å². The molecule has 1 aliphatic rings. The Kier molecular flexibility index (Phi) is 9.13. The van der Waals surface area contributed by atoms with Crippen molar-refractivity contribution in [3.05, 3.63) is 65.2 Å². The Morgan fingerprint density at radius 3 is 2.64 bits per heavy atom. The maximum absolute atomic E-state index is 12.4. The van der Waals surface area contributed by atoms with Crippen molar-refractivity contribution < 1.29 is 27.9 Å². The van der Waals surface area contributed by atoms with Crippen molar-refractivity contribution >= 4 is 27.7 Å². The second-order valence-electron chi connectivity index (χ2n) is 8.01. The first-order valence-corrected chi connectivity index (χ1v) is 12.8. The lowest BCUT2D eigenvalue weighted by Gasteiger charge is -2.18. The van der Waals surface area contributed by atoms with E-state index in [0.29, 0.717) is 31.0 Å². The zero-order chi connectivity index (χ0) is 26.1. The van der Waals surface area contributed by atoms with Crippen LogP contribution in [0.15, 0.2) is 58.4 Å². The van der Waals surface area contributed by atoms with Gasteiger partial charge in [-0.1, -0.05) is 36.4 Å². The van der Waals surface area contributed by atoms with Crippen LogP contribution in [0, 0.1) is 11.3 Å². The highest BCUT2D eigenvalue weighted by molar-refractivity contribution is 7.91. The van der Waals surface area contributed by atoms with E-state index in [1.807, 2.05) is 18.2 Å². The molecule has 3 rings (SSSR count). The van der Waals surface area contributed by atoms with Crippen LogP contribution in [-0.4, -0.2) is 86.9 Å². The number of amides is 2. The summed E-state index contributed by atoms with van der Waals surface area (Å²) in [6.07, 6.45) is -1.04. The van der Waals surface area contributed by atoms with Gasteiger partial charge in [0.15, 0.2) is 9.84 Å². The molecule has 1 aliphatic heterocycles. The van der Waals surface area contributed by atoms with Gasteiger partial charge in [0, 0.05) is 25.7 Å². The van der Waals surface area contributed by atoms with Crippen LogP contribution >= 0.6 is 0 Å². The summed E-state index contributed by atoms with van der Waals surface area (Å²) in [4.78, 5) is 30.6. The van der Waals surface area contributed by atoms with Crippen molar-refractivity contribution in [3.63, 3.8) is 0 Å². The summed E-state index contributed by atoms with van der Waals surface area (Å²) >= 11 is 0. The first-order chi connectivity index (χ1) is 17.2. The second-order valence-corrected chi connectivity index (χ2v) is 9.96. The number of benzene rings is 2. The number of hydrogen-bond donors (Lipinski definition) is 2. The Hall–Kier alpha value is -3.79. The number of sulfone groups is 1. The molecule has 1 heterocycles. The minimum absolute atomic E-state index is 0.0267. The minimum Gasteiger partial charge on any atom is -0.465 e. The number of nitrogens with one attached hydrogen (secondary N) is 1. The zero-order valence-electron chi connectivity index (χ0n) is 19.8. The fraction of sp³-hybridized carbons (Fsp3) is 0.333. The summed E-state index contributed by atoms with van der Waals surface area (Å²) in [5.74, 6) is -0.176. The second kappa shape index (κ2) is 12.3. The molecule has 0 unspecified atom stereocenters. The van der Waals surface area contributed by atoms with Crippen molar-refractivity contribution in [1.29, 1.82) is 5.26 Å². The first-order valence-electron chi connectivity index (χ1n) is 11.1. The van der Waals surface area contributed by atoms with Crippen LogP contribution in [0.1, 0.15) is 16.7 Å². The molecule has 0 fully saturated rings. The number of carbonyl (C=O) groups excluding carboxylic acids is 1. The van der Waals surface area contributed by atoms with Gasteiger partial charge in [0.05, 0.1) is 30.2 Å². The van der Waals surface area contributed by atoms with E-state index in [9.17, 15) is 23.1 Å². The van der Waals surface area contributed by atoms with Gasteiger partial charge in [0.25, 0.3) is 0 Å². The number of amidine groups is 1. The highest BCUT2D eigenvalue weighted by Crippen LogP contribution is 2.16. The molecular weight excluding hydrogens is 486 g/mol. The maximum Gasteiger partial charge on any atom is 0.413 e. The summed E-state index contributed by atoms with van der Waals surface area (Å²) in [6, 6.07) is 15.1. The number of rotatable bonds is 11. The number of ether oxygens (including phenoxy) is 1. The molecule has 2 N–H and O–H groups in total. The summed E-state index contributed by atoms with van der Waals surface area (Å²) < 4.78 is 30.2. The summed E-state index contributed by atoms with van der Waals surface area (Å²) in [5, 5.41) is 21.1. The minimum atomic E-state index is -3.67. The molecule has 11 nitrogen and oxygen atoms in total. The van der Waals surface area contributed by atoms with Crippen LogP contribution in [-0.2, 0) is 25.9 Å². The quantitative estimate of drug-likeness (QED) is 0.427. The monoisotopic (exact) mass is 513 g/mol. The Morgan fingerprint density at radius 1 is 1.22 bits per heavy atom. The predicted molar refractivity (Wildman–Crippen MR) is 131 cm³/mol. The van der Waals surface area contributed by atoms with Crippen LogP contribution in [0.5, 0.6) is 0 Å². The topological polar surface area (TPSA) is 152 Å². The summed E-state index contributed by atoms with van der Waals surface area (Å²) in [5.41, 5.74) is 1.65. The molecule has 190 valence electrons. The van der Waals surface area contributed by atoms with Gasteiger partial charge in [-0.05, 0) is 17.7 Å². The smallest absolute Gasteiger partial charge is 0.413 e. The van der Waals surface area contributed by atoms with E-state index in [0.717, 1.165) is 5.56 Å². The molecule has 0 spiro atoms. The van der Waals surface area contributed by atoms with Crippen LogP contribution in [0.4, 0.5) is 4.79 Å². The normalized spacial score (nSPS) is 13.2. The van der Waals surface area contributed by atoms with Crippen LogP contribution in [0.25, 0.3) is 0 Å². The zero-order valence-corrected chi connectivity index (χ0v) is 20.6. The molecule has 12 heteroatoms. The lowest BCUT2D eigenvalue weighted by atomic mass is 10.1. The average molecular weight is 514 g/mol. The van der Waals surface area contributed by atoms with E-state index in [1.165, 1.54) is 21.9 Å². The lowest BCUT2D eigenvalue weighted by Crippen LogP contribution is -2.33. The molecule has 0 saturated heterocycles. The summed E-state index contributed by atoms with van der Waals surface area (Å²) in [7, 11) is -2.03. The van der Waals surface area contributed by atoms with Gasteiger partial charge < -0.3 is 20.1 Å². The Bertz CT molecular complexity index is 1270. The van der Waals surface area contributed by atoms with Crippen LogP contribution in [0.2, 0.25) is 0 Å².